The average molecular weight is 176 g/mol. The molecule has 0 aliphatic carbocycles. The van der Waals surface area contributed by atoms with E-state index in [0.717, 1.165) is 18.4 Å². The van der Waals surface area contributed by atoms with Crippen LogP contribution in [0.25, 0.3) is 0 Å². The average Bonchev–Trinajstić information content (AvgIpc) is 2.08. The molecule has 1 rings (SSSR count). The molecule has 0 aliphatic rings. The molecular formula is C12H16O. The van der Waals surface area contributed by atoms with Crippen molar-refractivity contribution in [2.45, 2.75) is 33.6 Å². The van der Waals surface area contributed by atoms with Crippen molar-refractivity contribution in [3.8, 4) is 0 Å². The van der Waals surface area contributed by atoms with Crippen LogP contribution in [0.1, 0.15) is 41.8 Å². The van der Waals surface area contributed by atoms with E-state index in [9.17, 15) is 4.79 Å². The van der Waals surface area contributed by atoms with Crippen LogP contribution in [0.4, 0.5) is 0 Å². The zero-order valence-corrected chi connectivity index (χ0v) is 8.55. The van der Waals surface area contributed by atoms with Crippen LogP contribution in [0.15, 0.2) is 18.2 Å². The summed E-state index contributed by atoms with van der Waals surface area (Å²) in [6.07, 6.45) is 2.25. The minimum Gasteiger partial charge on any atom is -0.295 e. The van der Waals surface area contributed by atoms with Crippen LogP contribution in [-0.2, 0) is 6.42 Å². The third-order valence-corrected chi connectivity index (χ3v) is 2.27. The molecule has 0 amide bonds. The normalized spacial score (nSPS) is 10.1. The van der Waals surface area contributed by atoms with E-state index < -0.39 is 0 Å². The highest BCUT2D eigenvalue weighted by Crippen LogP contribution is 2.13. The third kappa shape index (κ3) is 2.41. The molecular weight excluding hydrogens is 160 g/mol. The van der Waals surface area contributed by atoms with Gasteiger partial charge in [0.1, 0.15) is 0 Å². The van der Waals surface area contributed by atoms with Crippen LogP contribution in [0.3, 0.4) is 0 Å². The lowest BCUT2D eigenvalue weighted by Crippen LogP contribution is -1.95. The lowest BCUT2D eigenvalue weighted by molar-refractivity contribution is 0.101. The first-order chi connectivity index (χ1) is 6.15. The monoisotopic (exact) mass is 176 g/mol. The predicted octanol–water partition coefficient (Wildman–Crippen LogP) is 3.15. The molecule has 0 unspecified atom stereocenters. The van der Waals surface area contributed by atoms with Crippen molar-refractivity contribution in [3.05, 3.63) is 34.9 Å². The maximum Gasteiger partial charge on any atom is 0.159 e. The van der Waals surface area contributed by atoms with Gasteiger partial charge in [0.25, 0.3) is 0 Å². The SMILES string of the molecule is CCCc1ccc(C(C)=O)cc1C. The molecule has 0 saturated heterocycles. The van der Waals surface area contributed by atoms with Gasteiger partial charge in [-0.25, -0.2) is 0 Å². The van der Waals surface area contributed by atoms with Gasteiger partial charge in [-0.2, -0.15) is 0 Å². The van der Waals surface area contributed by atoms with Gasteiger partial charge in [-0.1, -0.05) is 25.5 Å². The summed E-state index contributed by atoms with van der Waals surface area (Å²) < 4.78 is 0. The van der Waals surface area contributed by atoms with E-state index in [4.69, 9.17) is 0 Å². The van der Waals surface area contributed by atoms with Gasteiger partial charge in [0.05, 0.1) is 0 Å². The Kier molecular flexibility index (Phi) is 3.24. The highest BCUT2D eigenvalue weighted by Gasteiger charge is 2.02. The zero-order valence-electron chi connectivity index (χ0n) is 8.55. The summed E-state index contributed by atoms with van der Waals surface area (Å²) in [5, 5.41) is 0. The van der Waals surface area contributed by atoms with Gasteiger partial charge in [-0.3, -0.25) is 4.79 Å². The Morgan fingerprint density at radius 1 is 1.38 bits per heavy atom. The Morgan fingerprint density at radius 3 is 2.54 bits per heavy atom. The molecule has 0 bridgehead atoms. The molecule has 0 aromatic heterocycles. The Morgan fingerprint density at radius 2 is 2.08 bits per heavy atom. The number of rotatable bonds is 3. The molecule has 0 N–H and O–H groups in total. The number of carbonyl (C=O) groups is 1. The molecule has 70 valence electrons. The number of benzene rings is 1. The molecule has 1 nitrogen and oxygen atoms in total. The fourth-order valence-corrected chi connectivity index (χ4v) is 1.46. The van der Waals surface area contributed by atoms with Gasteiger partial charge in [0.15, 0.2) is 5.78 Å². The Labute approximate surface area is 79.8 Å². The molecule has 0 radical (unpaired) electrons. The minimum atomic E-state index is 0.145. The van der Waals surface area contributed by atoms with Crippen LogP contribution >= 0.6 is 0 Å². The molecule has 1 aromatic rings. The van der Waals surface area contributed by atoms with Gasteiger partial charge in [-0.15, -0.1) is 0 Å². The lowest BCUT2D eigenvalue weighted by atomic mass is 10.0. The summed E-state index contributed by atoms with van der Waals surface area (Å²) in [6, 6.07) is 5.96. The van der Waals surface area contributed by atoms with Crippen molar-refractivity contribution < 1.29 is 4.79 Å². The zero-order chi connectivity index (χ0) is 9.84. The van der Waals surface area contributed by atoms with E-state index in [2.05, 4.69) is 19.9 Å². The minimum absolute atomic E-state index is 0.145. The molecule has 0 spiro atoms. The third-order valence-electron chi connectivity index (χ3n) is 2.27. The van der Waals surface area contributed by atoms with Crippen molar-refractivity contribution in [1.29, 1.82) is 0 Å². The van der Waals surface area contributed by atoms with Gasteiger partial charge >= 0.3 is 0 Å². The largest absolute Gasteiger partial charge is 0.295 e. The second kappa shape index (κ2) is 4.22. The first kappa shape index (κ1) is 9.97. The Balaban J connectivity index is 2.98. The van der Waals surface area contributed by atoms with E-state index in [1.807, 2.05) is 12.1 Å². The van der Waals surface area contributed by atoms with Crippen LogP contribution < -0.4 is 0 Å². The summed E-state index contributed by atoms with van der Waals surface area (Å²) in [4.78, 5) is 11.1. The summed E-state index contributed by atoms with van der Waals surface area (Å²) in [5.74, 6) is 0.145. The summed E-state index contributed by atoms with van der Waals surface area (Å²) >= 11 is 0. The second-order valence-corrected chi connectivity index (χ2v) is 3.45. The number of hydrogen-bond donors (Lipinski definition) is 0. The first-order valence-corrected chi connectivity index (χ1v) is 4.75. The van der Waals surface area contributed by atoms with Crippen LogP contribution in [0, 0.1) is 6.92 Å². The highest BCUT2D eigenvalue weighted by atomic mass is 16.1. The molecule has 1 heteroatoms. The van der Waals surface area contributed by atoms with E-state index in [1.165, 1.54) is 11.1 Å². The number of ketones is 1. The molecule has 0 heterocycles. The number of Topliss-reactive ketones (excluding diaryl/α,β-unsaturated/α-hetero) is 1. The van der Waals surface area contributed by atoms with Crippen LogP contribution in [0.5, 0.6) is 0 Å². The summed E-state index contributed by atoms with van der Waals surface area (Å²) in [6.45, 7) is 5.84. The van der Waals surface area contributed by atoms with Gasteiger partial charge < -0.3 is 0 Å². The Bertz CT molecular complexity index is 313. The predicted molar refractivity (Wildman–Crippen MR) is 55.2 cm³/mol. The van der Waals surface area contributed by atoms with Crippen molar-refractivity contribution in [3.63, 3.8) is 0 Å². The summed E-state index contributed by atoms with van der Waals surface area (Å²) in [7, 11) is 0. The van der Waals surface area contributed by atoms with E-state index >= 15 is 0 Å². The maximum atomic E-state index is 11.1. The number of aryl methyl sites for hydroxylation is 2. The number of hydrogen-bond acceptors (Lipinski definition) is 1. The van der Waals surface area contributed by atoms with Crippen molar-refractivity contribution >= 4 is 5.78 Å². The maximum absolute atomic E-state index is 11.1. The highest BCUT2D eigenvalue weighted by molar-refractivity contribution is 5.94. The van der Waals surface area contributed by atoms with Crippen molar-refractivity contribution in [2.24, 2.45) is 0 Å². The fraction of sp³-hybridized carbons (Fsp3) is 0.417. The van der Waals surface area contributed by atoms with Crippen molar-refractivity contribution in [1.82, 2.24) is 0 Å². The molecule has 13 heavy (non-hydrogen) atoms. The fourth-order valence-electron chi connectivity index (χ4n) is 1.46. The molecule has 0 atom stereocenters. The van der Waals surface area contributed by atoms with Gasteiger partial charge in [-0.05, 0) is 37.5 Å². The van der Waals surface area contributed by atoms with E-state index in [-0.39, 0.29) is 5.78 Å². The lowest BCUT2D eigenvalue weighted by Gasteiger charge is -2.05. The standard InChI is InChI=1S/C12H16O/c1-4-5-11-6-7-12(10(3)13)8-9(11)2/h6-8H,4-5H2,1-3H3. The Hall–Kier alpha value is -1.11. The second-order valence-electron chi connectivity index (χ2n) is 3.45. The van der Waals surface area contributed by atoms with E-state index in [0.29, 0.717) is 0 Å². The van der Waals surface area contributed by atoms with Gasteiger partial charge in [0.2, 0.25) is 0 Å². The first-order valence-electron chi connectivity index (χ1n) is 4.75. The summed E-state index contributed by atoms with van der Waals surface area (Å²) in [5.41, 5.74) is 3.40. The smallest absolute Gasteiger partial charge is 0.159 e. The van der Waals surface area contributed by atoms with E-state index in [1.54, 1.807) is 6.92 Å². The van der Waals surface area contributed by atoms with Gasteiger partial charge in [0, 0.05) is 5.56 Å². The molecule has 0 saturated carbocycles. The quantitative estimate of drug-likeness (QED) is 0.646. The number of carbonyl (C=O) groups excluding carboxylic acids is 1. The van der Waals surface area contributed by atoms with Crippen LogP contribution in [-0.4, -0.2) is 5.78 Å². The molecule has 0 aliphatic heterocycles. The van der Waals surface area contributed by atoms with Crippen molar-refractivity contribution in [2.75, 3.05) is 0 Å². The topological polar surface area (TPSA) is 17.1 Å². The molecule has 0 fully saturated rings. The van der Waals surface area contributed by atoms with Crippen LogP contribution in [0.2, 0.25) is 0 Å². The molecule has 1 aromatic carbocycles.